The van der Waals surface area contributed by atoms with Crippen LogP contribution in [0.1, 0.15) is 122 Å². The Balaban J connectivity index is 0.00000333. The molecule has 0 atom stereocenters. The molecule has 0 aliphatic carbocycles. The van der Waals surface area contributed by atoms with E-state index in [2.05, 4.69) is 261 Å². The van der Waals surface area contributed by atoms with Crippen molar-refractivity contribution in [3.63, 3.8) is 0 Å². The second-order valence-electron chi connectivity index (χ2n) is 22.1. The van der Waals surface area contributed by atoms with Crippen LogP contribution in [0.25, 0.3) is 27.6 Å². The normalized spacial score (nSPS) is 13.7. The van der Waals surface area contributed by atoms with E-state index in [9.17, 15) is 0 Å². The zero-order chi connectivity index (χ0) is 46.1. The monoisotopic (exact) mass is 1060 g/mol. The van der Waals surface area contributed by atoms with Gasteiger partial charge in [-0.1, -0.05) is 185 Å². The number of aromatic nitrogens is 2. The molecule has 0 amide bonds. The van der Waals surface area contributed by atoms with Crippen LogP contribution in [-0.2, 0) is 42.7 Å². The van der Waals surface area contributed by atoms with Crippen molar-refractivity contribution in [2.75, 3.05) is 16.5 Å². The van der Waals surface area contributed by atoms with Crippen LogP contribution < -0.4 is 9.80 Å². The molecule has 1 aliphatic rings. The Bertz CT molecular complexity index is 3000. The van der Waals surface area contributed by atoms with Crippen LogP contribution in [0.5, 0.6) is 0 Å². The molecular formula is C62H67N4Pt-3. The van der Waals surface area contributed by atoms with E-state index < -0.39 is 5.41 Å². The summed E-state index contributed by atoms with van der Waals surface area (Å²) >= 11 is 0. The van der Waals surface area contributed by atoms with Crippen molar-refractivity contribution in [3.8, 4) is 5.82 Å². The number of allylic oxidation sites excluding steroid dienone is 1. The molecule has 9 rings (SSSR count). The SMILES string of the molecule is CC(C)(C)C1=CN(c2[c-]c(C(c3[c-]c4c(cc3)c3ccccc3n4-c3cc(C(C)(C)C)ccn3)(c3ccccc3)c3ccccc3)cc(C(C)(C)C)c2)CN1c1ccc(C(C)(C)C)cc1.[CH3-].[Pt]. The number of hydrogen-bond donors (Lipinski definition) is 0. The average molecular weight is 1060 g/mol. The summed E-state index contributed by atoms with van der Waals surface area (Å²) in [5.41, 5.74) is 12.8. The number of benzene rings is 6. The molecule has 2 aromatic heterocycles. The molecule has 67 heavy (non-hydrogen) atoms. The summed E-state index contributed by atoms with van der Waals surface area (Å²) in [6.07, 6.45) is 4.31. The second-order valence-corrected chi connectivity index (χ2v) is 22.1. The first-order chi connectivity index (χ1) is 30.7. The zero-order valence-electron chi connectivity index (χ0n) is 41.8. The maximum Gasteiger partial charge on any atom is 0.135 e. The molecule has 3 heterocycles. The van der Waals surface area contributed by atoms with Crippen LogP contribution in [0.15, 0.2) is 164 Å². The minimum atomic E-state index is -0.812. The Morgan fingerprint density at radius 1 is 0.493 bits per heavy atom. The van der Waals surface area contributed by atoms with Gasteiger partial charge < -0.3 is 21.8 Å². The summed E-state index contributed by atoms with van der Waals surface area (Å²) < 4.78 is 2.32. The number of fused-ring (bicyclic) bond motifs is 3. The molecule has 0 radical (unpaired) electrons. The van der Waals surface area contributed by atoms with Crippen molar-refractivity contribution in [2.45, 2.75) is 105 Å². The van der Waals surface area contributed by atoms with E-state index in [1.807, 2.05) is 6.20 Å². The van der Waals surface area contributed by atoms with Crippen LogP contribution in [0.4, 0.5) is 11.4 Å². The zero-order valence-corrected chi connectivity index (χ0v) is 44.1. The summed E-state index contributed by atoms with van der Waals surface area (Å²) in [6, 6.07) is 62.0. The summed E-state index contributed by atoms with van der Waals surface area (Å²) in [4.78, 5) is 9.94. The van der Waals surface area contributed by atoms with Crippen molar-refractivity contribution >= 4 is 33.2 Å². The van der Waals surface area contributed by atoms with Gasteiger partial charge in [-0.2, -0.15) is 35.9 Å². The topological polar surface area (TPSA) is 24.3 Å². The standard InChI is InChI=1S/C61H64N4.CH3.Pt/c1-57(2,3)42-27-30-49(31-28-42)64-41-63(40-55(64)60(10,11)12)50-36-47(59(7,8)9)35-48(37-50)61(43-21-15-13-16-22-43,44-23-17-14-18-24-44)46-29-32-52-51-25-19-20-26-53(51)65(54(52)38-46)56-39-45(33-34-62-56)58(4,5)6;;/h13-36,39-40H,41H2,1-12H3;1H3;/q-2;-1;. The van der Waals surface area contributed by atoms with Gasteiger partial charge in [0.05, 0.1) is 6.67 Å². The van der Waals surface area contributed by atoms with Gasteiger partial charge in [-0.15, -0.1) is 22.6 Å². The van der Waals surface area contributed by atoms with E-state index in [-0.39, 0.29) is 50.2 Å². The molecule has 0 fully saturated rings. The van der Waals surface area contributed by atoms with Crippen LogP contribution in [0.2, 0.25) is 0 Å². The third-order valence-corrected chi connectivity index (χ3v) is 13.4. The first-order valence-electron chi connectivity index (χ1n) is 23.2. The van der Waals surface area contributed by atoms with Gasteiger partial charge in [-0.25, -0.2) is 4.98 Å². The second kappa shape index (κ2) is 18.1. The molecule has 0 N–H and O–H groups in total. The predicted molar refractivity (Wildman–Crippen MR) is 281 cm³/mol. The minimum absolute atomic E-state index is 0. The maximum atomic E-state index is 5.04. The Hall–Kier alpha value is -5.70. The molecule has 5 heteroatoms. The molecule has 0 saturated heterocycles. The predicted octanol–water partition coefficient (Wildman–Crippen LogP) is 15.7. The molecule has 0 unspecified atom stereocenters. The number of hydrogen-bond acceptors (Lipinski definition) is 3. The maximum absolute atomic E-state index is 5.04. The van der Waals surface area contributed by atoms with Gasteiger partial charge in [0.25, 0.3) is 0 Å². The first kappa shape index (κ1) is 49.2. The van der Waals surface area contributed by atoms with E-state index in [1.165, 1.54) is 33.5 Å². The van der Waals surface area contributed by atoms with Gasteiger partial charge in [-0.05, 0) is 74.2 Å². The Morgan fingerprint density at radius 3 is 1.66 bits per heavy atom. The molecule has 348 valence electrons. The van der Waals surface area contributed by atoms with Crippen molar-refractivity contribution in [2.24, 2.45) is 5.41 Å². The van der Waals surface area contributed by atoms with Crippen molar-refractivity contribution in [3.05, 3.63) is 222 Å². The van der Waals surface area contributed by atoms with Gasteiger partial charge in [0.2, 0.25) is 0 Å². The number of anilines is 2. The first-order valence-corrected chi connectivity index (χ1v) is 23.2. The molecule has 6 aromatic carbocycles. The van der Waals surface area contributed by atoms with E-state index >= 15 is 0 Å². The number of para-hydroxylation sites is 1. The van der Waals surface area contributed by atoms with Crippen molar-refractivity contribution in [1.82, 2.24) is 9.55 Å². The third kappa shape index (κ3) is 9.07. The Kier molecular flexibility index (Phi) is 13.3. The summed E-state index contributed by atoms with van der Waals surface area (Å²) in [6.45, 7) is 28.2. The van der Waals surface area contributed by atoms with Gasteiger partial charge >= 0.3 is 0 Å². The number of nitrogens with zero attached hydrogens (tertiary/aromatic N) is 4. The summed E-state index contributed by atoms with van der Waals surface area (Å²) in [5.74, 6) is 0.888. The minimum Gasteiger partial charge on any atom is -0.358 e. The molecule has 8 aromatic rings. The smallest absolute Gasteiger partial charge is 0.135 e. The fourth-order valence-electron chi connectivity index (χ4n) is 9.60. The quantitative estimate of drug-likeness (QED) is 0.117. The summed E-state index contributed by atoms with van der Waals surface area (Å²) in [5, 5.41) is 2.32. The number of pyridine rings is 1. The van der Waals surface area contributed by atoms with Crippen LogP contribution in [0, 0.1) is 25.0 Å². The van der Waals surface area contributed by atoms with E-state index in [4.69, 9.17) is 4.98 Å². The fraction of sp³-hybridized carbons (Fsp3) is 0.290. The Morgan fingerprint density at radius 2 is 1.07 bits per heavy atom. The van der Waals surface area contributed by atoms with E-state index in [0.717, 1.165) is 50.2 Å². The molecule has 0 spiro atoms. The molecule has 1 aliphatic heterocycles. The molecule has 0 bridgehead atoms. The molecule has 0 saturated carbocycles. The third-order valence-electron chi connectivity index (χ3n) is 13.4. The van der Waals surface area contributed by atoms with Gasteiger partial charge in [0.1, 0.15) is 5.82 Å². The van der Waals surface area contributed by atoms with Crippen molar-refractivity contribution < 1.29 is 21.1 Å². The van der Waals surface area contributed by atoms with Crippen LogP contribution >= 0.6 is 0 Å². The fourth-order valence-corrected chi connectivity index (χ4v) is 9.60. The Labute approximate surface area is 416 Å². The van der Waals surface area contributed by atoms with Crippen molar-refractivity contribution in [1.29, 1.82) is 0 Å². The molecular weight excluding hydrogens is 996 g/mol. The summed E-state index contributed by atoms with van der Waals surface area (Å²) in [7, 11) is 0. The average Bonchev–Trinajstić information content (AvgIpc) is 3.88. The van der Waals surface area contributed by atoms with E-state index in [1.54, 1.807) is 0 Å². The van der Waals surface area contributed by atoms with Gasteiger partial charge in [-0.3, -0.25) is 0 Å². The largest absolute Gasteiger partial charge is 0.358 e. The van der Waals surface area contributed by atoms with Crippen LogP contribution in [0.3, 0.4) is 0 Å². The van der Waals surface area contributed by atoms with Gasteiger partial charge in [0, 0.05) is 61.2 Å². The number of rotatable bonds is 7. The van der Waals surface area contributed by atoms with Gasteiger partial charge in [0.15, 0.2) is 0 Å². The van der Waals surface area contributed by atoms with E-state index in [0.29, 0.717) is 6.67 Å². The molecule has 4 nitrogen and oxygen atoms in total. The van der Waals surface area contributed by atoms with Crippen LogP contribution in [-0.4, -0.2) is 16.2 Å².